The molecule has 0 saturated carbocycles. The first-order valence-corrected chi connectivity index (χ1v) is 6.81. The van der Waals surface area contributed by atoms with Crippen LogP contribution in [0.25, 0.3) is 0 Å². The summed E-state index contributed by atoms with van der Waals surface area (Å²) in [6.07, 6.45) is 0. The summed E-state index contributed by atoms with van der Waals surface area (Å²) < 4.78 is 26.3. The second-order valence-corrected chi connectivity index (χ2v) is 5.32. The first-order valence-electron chi connectivity index (χ1n) is 5.64. The fraction of sp³-hybridized carbons (Fsp3) is 0.0714. The van der Waals surface area contributed by atoms with Gasteiger partial charge in [0.25, 0.3) is 5.91 Å². The number of halogens is 4. The molecule has 0 aliphatic rings. The number of carbonyl (C=O) groups is 1. The normalized spacial score (nSPS) is 10.4. The molecule has 0 bridgehead atoms. The summed E-state index contributed by atoms with van der Waals surface area (Å²) in [6, 6.07) is 8.18. The van der Waals surface area contributed by atoms with Crippen LogP contribution in [0.2, 0.25) is 5.02 Å². The Labute approximate surface area is 127 Å². The minimum Gasteiger partial charge on any atom is -0.348 e. The fourth-order valence-electron chi connectivity index (χ4n) is 1.57. The van der Waals surface area contributed by atoms with Gasteiger partial charge in [-0.2, -0.15) is 0 Å². The first-order chi connectivity index (χ1) is 9.47. The average Bonchev–Trinajstić information content (AvgIpc) is 2.43. The zero-order valence-corrected chi connectivity index (χ0v) is 12.4. The van der Waals surface area contributed by atoms with Crippen LogP contribution in [-0.4, -0.2) is 5.91 Å². The molecule has 2 nitrogen and oxygen atoms in total. The Balaban J connectivity index is 2.04. The second kappa shape index (κ2) is 6.33. The van der Waals surface area contributed by atoms with Gasteiger partial charge < -0.3 is 5.32 Å². The SMILES string of the molecule is O=C(NCc1ccc(F)c(Cl)c1)c1ccc(F)c(Br)c1. The molecule has 0 aliphatic carbocycles. The lowest BCUT2D eigenvalue weighted by Gasteiger charge is -2.07. The Morgan fingerprint density at radius 1 is 1.15 bits per heavy atom. The van der Waals surface area contributed by atoms with E-state index in [1.807, 2.05) is 0 Å². The lowest BCUT2D eigenvalue weighted by atomic mass is 10.2. The van der Waals surface area contributed by atoms with Crippen molar-refractivity contribution in [2.45, 2.75) is 6.54 Å². The third kappa shape index (κ3) is 3.55. The first kappa shape index (κ1) is 14.9. The Kier molecular flexibility index (Phi) is 4.73. The van der Waals surface area contributed by atoms with Crippen molar-refractivity contribution >= 4 is 33.4 Å². The van der Waals surface area contributed by atoms with Crippen LogP contribution in [0.15, 0.2) is 40.9 Å². The van der Waals surface area contributed by atoms with Gasteiger partial charge in [-0.3, -0.25) is 4.79 Å². The van der Waals surface area contributed by atoms with Crippen molar-refractivity contribution < 1.29 is 13.6 Å². The van der Waals surface area contributed by atoms with Crippen molar-refractivity contribution in [1.29, 1.82) is 0 Å². The van der Waals surface area contributed by atoms with E-state index in [1.54, 1.807) is 0 Å². The number of nitrogens with one attached hydrogen (secondary N) is 1. The molecule has 1 N–H and O–H groups in total. The van der Waals surface area contributed by atoms with Crippen LogP contribution in [0.1, 0.15) is 15.9 Å². The number of rotatable bonds is 3. The molecule has 6 heteroatoms. The van der Waals surface area contributed by atoms with Crippen molar-refractivity contribution in [3.63, 3.8) is 0 Å². The summed E-state index contributed by atoms with van der Waals surface area (Å²) in [5.41, 5.74) is 0.998. The van der Waals surface area contributed by atoms with Gasteiger partial charge in [0.1, 0.15) is 11.6 Å². The molecule has 0 atom stereocenters. The van der Waals surface area contributed by atoms with Crippen LogP contribution >= 0.6 is 27.5 Å². The molecule has 2 rings (SSSR count). The number of hydrogen-bond donors (Lipinski definition) is 1. The van der Waals surface area contributed by atoms with Gasteiger partial charge in [-0.1, -0.05) is 17.7 Å². The molecule has 2 aromatic carbocycles. The monoisotopic (exact) mass is 359 g/mol. The number of carbonyl (C=O) groups excluding carboxylic acids is 1. The van der Waals surface area contributed by atoms with E-state index in [4.69, 9.17) is 11.6 Å². The van der Waals surface area contributed by atoms with Crippen molar-refractivity contribution in [3.8, 4) is 0 Å². The van der Waals surface area contributed by atoms with Gasteiger partial charge in [-0.15, -0.1) is 0 Å². The van der Waals surface area contributed by atoms with Gasteiger partial charge in [0.15, 0.2) is 0 Å². The van der Waals surface area contributed by atoms with Crippen molar-refractivity contribution in [2.24, 2.45) is 0 Å². The molecule has 0 spiro atoms. The van der Waals surface area contributed by atoms with Crippen LogP contribution in [0, 0.1) is 11.6 Å². The molecular formula is C14H9BrClF2NO. The minimum atomic E-state index is -0.510. The molecule has 1 amide bonds. The molecule has 0 aromatic heterocycles. The van der Waals surface area contributed by atoms with E-state index < -0.39 is 11.6 Å². The maximum atomic E-state index is 13.1. The van der Waals surface area contributed by atoms with Gasteiger partial charge in [-0.05, 0) is 51.8 Å². The van der Waals surface area contributed by atoms with Crippen LogP contribution in [0.5, 0.6) is 0 Å². The average molecular weight is 361 g/mol. The van der Waals surface area contributed by atoms with E-state index in [2.05, 4.69) is 21.2 Å². The smallest absolute Gasteiger partial charge is 0.251 e. The van der Waals surface area contributed by atoms with Gasteiger partial charge in [0.05, 0.1) is 9.50 Å². The molecule has 0 heterocycles. The summed E-state index contributed by atoms with van der Waals surface area (Å²) in [7, 11) is 0. The summed E-state index contributed by atoms with van der Waals surface area (Å²) in [4.78, 5) is 11.9. The highest BCUT2D eigenvalue weighted by Gasteiger charge is 2.09. The van der Waals surface area contributed by atoms with Crippen LogP contribution < -0.4 is 5.32 Å². The Hall–Kier alpha value is -1.46. The molecule has 0 radical (unpaired) electrons. The summed E-state index contributed by atoms with van der Waals surface area (Å²) in [5.74, 6) is -1.30. The molecule has 0 fully saturated rings. The third-order valence-electron chi connectivity index (χ3n) is 2.62. The summed E-state index contributed by atoms with van der Waals surface area (Å²) in [6.45, 7) is 0.202. The predicted molar refractivity (Wildman–Crippen MR) is 76.7 cm³/mol. The standard InChI is InChI=1S/C14H9BrClF2NO/c15-10-6-9(2-4-12(10)17)14(20)19-7-8-1-3-13(18)11(16)5-8/h1-6H,7H2,(H,19,20). The molecule has 0 saturated heterocycles. The highest BCUT2D eigenvalue weighted by molar-refractivity contribution is 9.10. The van der Waals surface area contributed by atoms with Crippen LogP contribution in [0.3, 0.4) is 0 Å². The van der Waals surface area contributed by atoms with E-state index in [-0.39, 0.29) is 21.9 Å². The number of hydrogen-bond acceptors (Lipinski definition) is 1. The van der Waals surface area contributed by atoms with E-state index in [9.17, 15) is 13.6 Å². The minimum absolute atomic E-state index is 0.00118. The van der Waals surface area contributed by atoms with Crippen molar-refractivity contribution in [2.75, 3.05) is 0 Å². The third-order valence-corrected chi connectivity index (χ3v) is 3.52. The van der Waals surface area contributed by atoms with E-state index in [0.717, 1.165) is 0 Å². The maximum absolute atomic E-state index is 13.1. The highest BCUT2D eigenvalue weighted by atomic mass is 79.9. The van der Waals surface area contributed by atoms with Gasteiger partial charge in [-0.25, -0.2) is 8.78 Å². The zero-order valence-electron chi connectivity index (χ0n) is 10.1. The summed E-state index contributed by atoms with van der Waals surface area (Å²) in [5, 5.41) is 2.65. The zero-order chi connectivity index (χ0) is 14.7. The second-order valence-electron chi connectivity index (χ2n) is 4.06. The van der Waals surface area contributed by atoms with Crippen molar-refractivity contribution in [1.82, 2.24) is 5.32 Å². The molecule has 20 heavy (non-hydrogen) atoms. The Morgan fingerprint density at radius 2 is 1.85 bits per heavy atom. The Morgan fingerprint density at radius 3 is 2.50 bits per heavy atom. The Bertz CT molecular complexity index is 664. The van der Waals surface area contributed by atoms with E-state index in [0.29, 0.717) is 11.1 Å². The molecule has 0 aliphatic heterocycles. The van der Waals surface area contributed by atoms with Gasteiger partial charge in [0.2, 0.25) is 0 Å². The molecule has 2 aromatic rings. The highest BCUT2D eigenvalue weighted by Crippen LogP contribution is 2.18. The van der Waals surface area contributed by atoms with E-state index in [1.165, 1.54) is 36.4 Å². The predicted octanol–water partition coefficient (Wildman–Crippen LogP) is 4.31. The topological polar surface area (TPSA) is 29.1 Å². The van der Waals surface area contributed by atoms with E-state index >= 15 is 0 Å². The molecule has 0 unspecified atom stereocenters. The number of benzene rings is 2. The molecule has 104 valence electrons. The maximum Gasteiger partial charge on any atom is 0.251 e. The quantitative estimate of drug-likeness (QED) is 0.868. The lowest BCUT2D eigenvalue weighted by molar-refractivity contribution is 0.0951. The summed E-state index contributed by atoms with van der Waals surface area (Å²) >= 11 is 8.66. The van der Waals surface area contributed by atoms with Gasteiger partial charge >= 0.3 is 0 Å². The van der Waals surface area contributed by atoms with Gasteiger partial charge in [0, 0.05) is 12.1 Å². The fourth-order valence-corrected chi connectivity index (χ4v) is 2.15. The van der Waals surface area contributed by atoms with Crippen molar-refractivity contribution in [3.05, 3.63) is 68.7 Å². The largest absolute Gasteiger partial charge is 0.348 e. The lowest BCUT2D eigenvalue weighted by Crippen LogP contribution is -2.22. The van der Waals surface area contributed by atoms with Crippen LogP contribution in [-0.2, 0) is 6.54 Å². The molecular weight excluding hydrogens is 352 g/mol. The van der Waals surface area contributed by atoms with Crippen LogP contribution in [0.4, 0.5) is 8.78 Å². The number of amides is 1.